The third-order valence-corrected chi connectivity index (χ3v) is 6.94. The zero-order valence-electron chi connectivity index (χ0n) is 15.2. The summed E-state index contributed by atoms with van der Waals surface area (Å²) in [6, 6.07) is 8.67. The van der Waals surface area contributed by atoms with Crippen LogP contribution in [-0.2, 0) is 0 Å². The summed E-state index contributed by atoms with van der Waals surface area (Å²) in [7, 11) is 1.73. The zero-order chi connectivity index (χ0) is 16.8. The largest absolute Gasteiger partial charge is 0.497 e. The predicted molar refractivity (Wildman–Crippen MR) is 109 cm³/mol. The van der Waals surface area contributed by atoms with Crippen molar-refractivity contribution in [3.05, 3.63) is 29.8 Å². The molecule has 3 heteroatoms. The Labute approximate surface area is 152 Å². The Morgan fingerprint density at radius 2 is 1.30 bits per heavy atom. The van der Waals surface area contributed by atoms with Gasteiger partial charge in [0.05, 0.1) is 11.7 Å². The van der Waals surface area contributed by atoms with Crippen LogP contribution in [0.1, 0.15) is 75.4 Å². The van der Waals surface area contributed by atoms with Crippen LogP contribution in [0.25, 0.3) is 0 Å². The Bertz CT molecular complexity index is 364. The van der Waals surface area contributed by atoms with Crippen LogP contribution in [0, 0.1) is 0 Å². The molecule has 0 atom stereocenters. The molecular weight excluding hydrogens is 320 g/mol. The van der Waals surface area contributed by atoms with E-state index in [1.54, 1.807) is 7.11 Å². The minimum Gasteiger partial charge on any atom is -0.497 e. The molecule has 0 saturated carbocycles. The number of rotatable bonds is 14. The number of methoxy groups -OCH3 is 1. The predicted octanol–water partition coefficient (Wildman–Crippen LogP) is 7.32. The molecule has 23 heavy (non-hydrogen) atoms. The van der Waals surface area contributed by atoms with E-state index in [1.165, 1.54) is 68.4 Å². The molecule has 0 aliphatic heterocycles. The quantitative estimate of drug-likeness (QED) is 0.256. The van der Waals surface area contributed by atoms with E-state index in [0.717, 1.165) is 5.75 Å². The highest BCUT2D eigenvalue weighted by Gasteiger charge is 2.12. The van der Waals surface area contributed by atoms with E-state index < -0.39 is 0 Å². The summed E-state index contributed by atoms with van der Waals surface area (Å²) in [4.78, 5) is 0. The Hall–Kier alpha value is -0.280. The molecule has 0 amide bonds. The van der Waals surface area contributed by atoms with Crippen LogP contribution in [0.15, 0.2) is 24.3 Å². The average molecular weight is 355 g/mol. The molecule has 0 radical (unpaired) electrons. The number of hydrogen-bond acceptors (Lipinski definition) is 3. The van der Waals surface area contributed by atoms with Crippen LogP contribution < -0.4 is 4.74 Å². The molecule has 0 aromatic heterocycles. The van der Waals surface area contributed by atoms with Crippen LogP contribution in [-0.4, -0.2) is 18.6 Å². The van der Waals surface area contributed by atoms with Gasteiger partial charge in [0.1, 0.15) is 5.75 Å². The van der Waals surface area contributed by atoms with Crippen LogP contribution in [0.5, 0.6) is 5.75 Å². The molecule has 0 aliphatic carbocycles. The fourth-order valence-corrected chi connectivity index (χ4v) is 5.27. The first-order valence-electron chi connectivity index (χ1n) is 9.19. The molecule has 0 N–H and O–H groups in total. The summed E-state index contributed by atoms with van der Waals surface area (Å²) in [5.74, 6) is 3.51. The van der Waals surface area contributed by atoms with E-state index in [1.807, 2.05) is 0 Å². The normalized spacial score (nSPS) is 11.1. The molecule has 0 aliphatic rings. The maximum atomic E-state index is 5.29. The average Bonchev–Trinajstić information content (AvgIpc) is 2.59. The number of benzene rings is 1. The minimum atomic E-state index is 0.573. The second kappa shape index (κ2) is 14.1. The van der Waals surface area contributed by atoms with Gasteiger partial charge in [0.15, 0.2) is 0 Å². The lowest BCUT2D eigenvalue weighted by Gasteiger charge is -2.17. The molecule has 0 saturated heterocycles. The van der Waals surface area contributed by atoms with E-state index in [0.29, 0.717) is 4.58 Å². The summed E-state index contributed by atoms with van der Waals surface area (Å²) in [6.07, 6.45) is 10.8. The van der Waals surface area contributed by atoms with Crippen molar-refractivity contribution in [1.29, 1.82) is 0 Å². The van der Waals surface area contributed by atoms with E-state index in [-0.39, 0.29) is 0 Å². The molecule has 0 fully saturated rings. The van der Waals surface area contributed by atoms with Gasteiger partial charge in [-0.1, -0.05) is 64.5 Å². The Balaban J connectivity index is 2.45. The van der Waals surface area contributed by atoms with Gasteiger partial charge in [-0.05, 0) is 42.0 Å². The van der Waals surface area contributed by atoms with Crippen molar-refractivity contribution in [3.63, 3.8) is 0 Å². The van der Waals surface area contributed by atoms with Crippen molar-refractivity contribution >= 4 is 23.5 Å². The number of unbranched alkanes of at least 4 members (excludes halogenated alkanes) is 6. The third kappa shape index (κ3) is 9.56. The van der Waals surface area contributed by atoms with Crippen molar-refractivity contribution in [3.8, 4) is 5.75 Å². The highest BCUT2D eigenvalue weighted by Crippen LogP contribution is 2.40. The topological polar surface area (TPSA) is 9.23 Å². The van der Waals surface area contributed by atoms with Crippen molar-refractivity contribution < 1.29 is 4.74 Å². The van der Waals surface area contributed by atoms with Gasteiger partial charge >= 0.3 is 0 Å². The highest BCUT2D eigenvalue weighted by atomic mass is 32.2. The molecular formula is C20H34OS2. The summed E-state index contributed by atoms with van der Waals surface area (Å²) in [6.45, 7) is 4.55. The van der Waals surface area contributed by atoms with Crippen LogP contribution in [0.2, 0.25) is 0 Å². The number of hydrogen-bond donors (Lipinski definition) is 0. The lowest BCUT2D eigenvalue weighted by molar-refractivity contribution is 0.414. The van der Waals surface area contributed by atoms with Crippen LogP contribution >= 0.6 is 23.5 Å². The summed E-state index contributed by atoms with van der Waals surface area (Å²) in [5.41, 5.74) is 1.44. The zero-order valence-corrected chi connectivity index (χ0v) is 16.8. The van der Waals surface area contributed by atoms with Crippen molar-refractivity contribution in [2.75, 3.05) is 18.6 Å². The molecule has 1 rings (SSSR count). The van der Waals surface area contributed by atoms with E-state index in [9.17, 15) is 0 Å². The van der Waals surface area contributed by atoms with Crippen LogP contribution in [0.3, 0.4) is 0 Å². The lowest BCUT2D eigenvalue weighted by atomic mass is 10.2. The van der Waals surface area contributed by atoms with Crippen molar-refractivity contribution in [1.82, 2.24) is 0 Å². The SMILES string of the molecule is CCCCCCSC(SCCCCCC)c1ccc(OC)cc1. The Morgan fingerprint density at radius 1 is 0.783 bits per heavy atom. The maximum Gasteiger partial charge on any atom is 0.118 e. The lowest BCUT2D eigenvalue weighted by Crippen LogP contribution is -1.94. The van der Waals surface area contributed by atoms with Crippen molar-refractivity contribution in [2.45, 2.75) is 69.8 Å². The Kier molecular flexibility index (Phi) is 12.7. The van der Waals surface area contributed by atoms with Gasteiger partial charge in [0, 0.05) is 0 Å². The molecule has 1 aromatic rings. The summed E-state index contributed by atoms with van der Waals surface area (Å²) >= 11 is 4.25. The third-order valence-electron chi connectivity index (χ3n) is 3.92. The summed E-state index contributed by atoms with van der Waals surface area (Å²) in [5, 5.41) is 0. The molecule has 0 heterocycles. The monoisotopic (exact) mass is 354 g/mol. The molecule has 1 nitrogen and oxygen atoms in total. The smallest absolute Gasteiger partial charge is 0.118 e. The molecule has 0 spiro atoms. The second-order valence-electron chi connectivity index (χ2n) is 5.97. The summed E-state index contributed by atoms with van der Waals surface area (Å²) < 4.78 is 5.86. The van der Waals surface area contributed by atoms with Gasteiger partial charge in [-0.25, -0.2) is 0 Å². The fraction of sp³-hybridized carbons (Fsp3) is 0.700. The van der Waals surface area contributed by atoms with Gasteiger partial charge in [-0.3, -0.25) is 0 Å². The van der Waals surface area contributed by atoms with E-state index in [4.69, 9.17) is 4.74 Å². The minimum absolute atomic E-state index is 0.573. The first kappa shape index (κ1) is 20.8. The maximum absolute atomic E-state index is 5.29. The molecule has 0 bridgehead atoms. The fourth-order valence-electron chi connectivity index (χ4n) is 2.44. The van der Waals surface area contributed by atoms with Gasteiger partial charge in [0.2, 0.25) is 0 Å². The first-order valence-corrected chi connectivity index (χ1v) is 11.3. The van der Waals surface area contributed by atoms with Gasteiger partial charge in [-0.2, -0.15) is 0 Å². The molecule has 132 valence electrons. The molecule has 0 unspecified atom stereocenters. The first-order chi connectivity index (χ1) is 11.3. The number of ether oxygens (including phenoxy) is 1. The second-order valence-corrected chi connectivity index (χ2v) is 8.69. The Morgan fingerprint density at radius 3 is 1.74 bits per heavy atom. The van der Waals surface area contributed by atoms with E-state index in [2.05, 4.69) is 61.6 Å². The highest BCUT2D eigenvalue weighted by molar-refractivity contribution is 8.16. The van der Waals surface area contributed by atoms with Gasteiger partial charge < -0.3 is 4.74 Å². The van der Waals surface area contributed by atoms with Gasteiger partial charge in [0.25, 0.3) is 0 Å². The molecule has 1 aromatic carbocycles. The van der Waals surface area contributed by atoms with Gasteiger partial charge in [-0.15, -0.1) is 23.5 Å². The number of thioether (sulfide) groups is 2. The van der Waals surface area contributed by atoms with Crippen molar-refractivity contribution in [2.24, 2.45) is 0 Å². The van der Waals surface area contributed by atoms with Crippen LogP contribution in [0.4, 0.5) is 0 Å². The van der Waals surface area contributed by atoms with E-state index >= 15 is 0 Å². The standard InChI is InChI=1S/C20H34OS2/c1-4-6-8-10-16-22-20(23-17-11-9-7-5-2)18-12-14-19(21-3)15-13-18/h12-15,20H,4-11,16-17H2,1-3H3.